The van der Waals surface area contributed by atoms with Crippen LogP contribution >= 0.6 is 7.82 Å². The molecular formula is C30H62NO7P. The molecule has 0 aliphatic rings. The Morgan fingerprint density at radius 2 is 1.15 bits per heavy atom. The second-order valence-corrected chi connectivity index (χ2v) is 13.3. The molecule has 0 bridgehead atoms. The molecule has 39 heavy (non-hydrogen) atoms. The van der Waals surface area contributed by atoms with Crippen LogP contribution in [0.1, 0.15) is 129 Å². The van der Waals surface area contributed by atoms with Gasteiger partial charge in [0.25, 0.3) is 7.82 Å². The predicted octanol–water partition coefficient (Wildman–Crippen LogP) is 7.18. The highest BCUT2D eigenvalue weighted by atomic mass is 31.2. The Morgan fingerprint density at radius 1 is 0.692 bits per heavy atom. The summed E-state index contributed by atoms with van der Waals surface area (Å²) in [6.07, 6.45) is 21.0. The molecule has 234 valence electrons. The first-order valence-electron chi connectivity index (χ1n) is 15.7. The smallest absolute Gasteiger partial charge is 0.303 e. The van der Waals surface area contributed by atoms with E-state index in [1.54, 1.807) is 0 Å². The summed E-state index contributed by atoms with van der Waals surface area (Å²) in [7, 11) is 2.02. The van der Waals surface area contributed by atoms with Gasteiger partial charge in [-0.15, -0.1) is 0 Å². The third-order valence-electron chi connectivity index (χ3n) is 6.67. The number of hydrogen-bond acceptors (Lipinski definition) is 7. The first-order valence-corrected chi connectivity index (χ1v) is 17.2. The summed E-state index contributed by atoms with van der Waals surface area (Å²) in [5.41, 5.74) is 0. The zero-order chi connectivity index (χ0) is 29.2. The van der Waals surface area contributed by atoms with E-state index in [4.69, 9.17) is 18.5 Å². The summed E-state index contributed by atoms with van der Waals surface area (Å²) < 4.78 is 33.7. The van der Waals surface area contributed by atoms with Crippen molar-refractivity contribution in [3.63, 3.8) is 0 Å². The van der Waals surface area contributed by atoms with Crippen LogP contribution in [-0.2, 0) is 27.9 Å². The lowest BCUT2D eigenvalue weighted by atomic mass is 10.0. The Labute approximate surface area is 240 Å². The summed E-state index contributed by atoms with van der Waals surface area (Å²) in [6, 6.07) is 0. The van der Waals surface area contributed by atoms with E-state index in [2.05, 4.69) is 28.1 Å². The normalized spacial score (nSPS) is 14.3. The zero-order valence-corrected chi connectivity index (χ0v) is 27.0. The molecule has 2 atom stereocenters. The third kappa shape index (κ3) is 30.3. The van der Waals surface area contributed by atoms with Crippen LogP contribution in [0.3, 0.4) is 0 Å². The minimum Gasteiger partial charge on any atom is -0.756 e. The Kier molecular flexibility index (Phi) is 24.9. The monoisotopic (exact) mass is 579 g/mol. The van der Waals surface area contributed by atoms with Crippen molar-refractivity contribution >= 4 is 13.8 Å². The van der Waals surface area contributed by atoms with Gasteiger partial charge in [0.1, 0.15) is 6.10 Å². The van der Waals surface area contributed by atoms with Gasteiger partial charge in [-0.2, -0.15) is 0 Å². The van der Waals surface area contributed by atoms with Crippen molar-refractivity contribution in [3.8, 4) is 0 Å². The molecule has 0 saturated heterocycles. The van der Waals surface area contributed by atoms with E-state index in [-0.39, 0.29) is 19.8 Å². The summed E-state index contributed by atoms with van der Waals surface area (Å²) in [6.45, 7) is 5.08. The molecule has 0 fully saturated rings. The minimum absolute atomic E-state index is 0.0962. The van der Waals surface area contributed by atoms with Gasteiger partial charge in [0.15, 0.2) is 0 Å². The number of rotatable bonds is 29. The van der Waals surface area contributed by atoms with Crippen molar-refractivity contribution in [2.75, 3.05) is 54.1 Å². The molecule has 0 aliphatic carbocycles. The number of unbranched alkanes of at least 4 members (excludes halogenated alkanes) is 16. The molecule has 0 aliphatic heterocycles. The lowest BCUT2D eigenvalue weighted by Gasteiger charge is -2.25. The van der Waals surface area contributed by atoms with Crippen LogP contribution in [0.4, 0.5) is 0 Å². The highest BCUT2D eigenvalue weighted by molar-refractivity contribution is 7.45. The molecule has 0 N–H and O–H groups in total. The molecule has 0 heterocycles. The Bertz CT molecular complexity index is 613. The second-order valence-electron chi connectivity index (χ2n) is 11.9. The fourth-order valence-corrected chi connectivity index (χ4v) is 5.17. The highest BCUT2D eigenvalue weighted by Crippen LogP contribution is 2.38. The van der Waals surface area contributed by atoms with Crippen molar-refractivity contribution in [1.29, 1.82) is 0 Å². The number of phosphoric acid groups is 1. The van der Waals surface area contributed by atoms with E-state index < -0.39 is 19.9 Å². The van der Waals surface area contributed by atoms with Gasteiger partial charge >= 0.3 is 5.97 Å². The SMILES string of the molecule is CCCCCCCCCCCCCCCCOC[C@H](COP(=O)([O-])OCCCCCC[N+](C)(C)C)OC(C)=O. The summed E-state index contributed by atoms with van der Waals surface area (Å²) >= 11 is 0. The summed E-state index contributed by atoms with van der Waals surface area (Å²) in [5.74, 6) is -0.501. The summed E-state index contributed by atoms with van der Waals surface area (Å²) in [4.78, 5) is 23.5. The Hall–Kier alpha value is -0.500. The fourth-order valence-electron chi connectivity index (χ4n) is 4.39. The Balaban J connectivity index is 3.80. The zero-order valence-electron chi connectivity index (χ0n) is 26.1. The maximum Gasteiger partial charge on any atom is 0.303 e. The van der Waals surface area contributed by atoms with Crippen molar-refractivity contribution in [2.45, 2.75) is 136 Å². The fraction of sp³-hybridized carbons (Fsp3) is 0.967. The van der Waals surface area contributed by atoms with Gasteiger partial charge in [0.05, 0.1) is 47.5 Å². The van der Waals surface area contributed by atoms with Crippen LogP contribution in [0.15, 0.2) is 0 Å². The number of esters is 1. The molecule has 0 rings (SSSR count). The van der Waals surface area contributed by atoms with E-state index in [0.717, 1.165) is 43.1 Å². The van der Waals surface area contributed by atoms with Crippen LogP contribution < -0.4 is 4.89 Å². The average molecular weight is 580 g/mol. The van der Waals surface area contributed by atoms with Gasteiger partial charge in [-0.1, -0.05) is 96.8 Å². The van der Waals surface area contributed by atoms with Crippen LogP contribution in [0, 0.1) is 0 Å². The van der Waals surface area contributed by atoms with Crippen LogP contribution in [0.25, 0.3) is 0 Å². The molecule has 0 amide bonds. The quantitative estimate of drug-likeness (QED) is 0.0401. The van der Waals surface area contributed by atoms with E-state index in [1.165, 1.54) is 84.0 Å². The van der Waals surface area contributed by atoms with Crippen molar-refractivity contribution in [3.05, 3.63) is 0 Å². The van der Waals surface area contributed by atoms with Crippen LogP contribution in [-0.4, -0.2) is 70.7 Å². The lowest BCUT2D eigenvalue weighted by Crippen LogP contribution is -2.35. The van der Waals surface area contributed by atoms with E-state index >= 15 is 0 Å². The molecule has 0 saturated carbocycles. The van der Waals surface area contributed by atoms with E-state index in [1.807, 2.05) is 0 Å². The topological polar surface area (TPSA) is 94.1 Å². The molecule has 0 aromatic carbocycles. The van der Waals surface area contributed by atoms with Crippen molar-refractivity contribution in [2.24, 2.45) is 0 Å². The number of phosphoric ester groups is 1. The average Bonchev–Trinajstić information content (AvgIpc) is 2.85. The first-order chi connectivity index (χ1) is 18.6. The summed E-state index contributed by atoms with van der Waals surface area (Å²) in [5, 5.41) is 0. The number of nitrogens with zero attached hydrogens (tertiary/aromatic N) is 1. The van der Waals surface area contributed by atoms with E-state index in [9.17, 15) is 14.3 Å². The maximum absolute atomic E-state index is 12.1. The number of quaternary nitrogens is 1. The minimum atomic E-state index is -4.45. The van der Waals surface area contributed by atoms with Crippen molar-refractivity contribution in [1.82, 2.24) is 0 Å². The predicted molar refractivity (Wildman–Crippen MR) is 158 cm³/mol. The van der Waals surface area contributed by atoms with Gasteiger partial charge in [0.2, 0.25) is 0 Å². The number of hydrogen-bond donors (Lipinski definition) is 0. The number of carbonyl (C=O) groups excluding carboxylic acids is 1. The second kappa shape index (κ2) is 25.2. The number of carbonyl (C=O) groups is 1. The largest absolute Gasteiger partial charge is 0.756 e. The van der Waals surface area contributed by atoms with Crippen LogP contribution in [0.5, 0.6) is 0 Å². The van der Waals surface area contributed by atoms with Crippen molar-refractivity contribution < 1.29 is 37.3 Å². The Morgan fingerprint density at radius 3 is 1.64 bits per heavy atom. The van der Waals surface area contributed by atoms with Gasteiger partial charge in [-0.25, -0.2) is 0 Å². The van der Waals surface area contributed by atoms with Gasteiger partial charge in [-0.3, -0.25) is 9.36 Å². The molecular weight excluding hydrogens is 517 g/mol. The molecule has 0 aromatic rings. The molecule has 1 unspecified atom stereocenters. The lowest BCUT2D eigenvalue weighted by molar-refractivity contribution is -0.870. The molecule has 0 aromatic heterocycles. The van der Waals surface area contributed by atoms with E-state index in [0.29, 0.717) is 13.0 Å². The molecule has 0 radical (unpaired) electrons. The maximum atomic E-state index is 12.1. The van der Waals surface area contributed by atoms with Gasteiger partial charge < -0.3 is 27.9 Å². The van der Waals surface area contributed by atoms with Gasteiger partial charge in [-0.05, 0) is 25.7 Å². The first kappa shape index (κ1) is 38.5. The number of ether oxygens (including phenoxy) is 2. The third-order valence-corrected chi connectivity index (χ3v) is 7.63. The van der Waals surface area contributed by atoms with Crippen LogP contribution in [0.2, 0.25) is 0 Å². The molecule has 8 nitrogen and oxygen atoms in total. The molecule has 0 spiro atoms. The standard InChI is InChI=1S/C30H62NO7P/c1-6-7-8-9-10-11-12-13-14-15-16-17-19-22-25-35-27-30(38-29(2)32)28-37-39(33,34)36-26-23-20-18-21-24-31(3,4)5/h30H,6-28H2,1-5H3/t30-/m1/s1. The molecule has 9 heteroatoms. The highest BCUT2D eigenvalue weighted by Gasteiger charge is 2.18. The van der Waals surface area contributed by atoms with Gasteiger partial charge in [0, 0.05) is 13.5 Å².